The second-order valence-corrected chi connectivity index (χ2v) is 10.4. The summed E-state index contributed by atoms with van der Waals surface area (Å²) in [5.74, 6) is 0.520. The zero-order valence-corrected chi connectivity index (χ0v) is 19.7. The van der Waals surface area contributed by atoms with Gasteiger partial charge in [-0.05, 0) is 37.6 Å². The molecule has 5 rings (SSSR count). The number of oxazole rings is 1. The number of aromatic nitrogens is 2. The van der Waals surface area contributed by atoms with Crippen molar-refractivity contribution in [3.05, 3.63) is 48.1 Å². The lowest BCUT2D eigenvalue weighted by Crippen LogP contribution is -2.55. The number of piperazine rings is 1. The number of nitrogens with one attached hydrogen (secondary N) is 2. The largest absolute Gasteiger partial charge is 0.439 e. The third-order valence-electron chi connectivity index (χ3n) is 6.04. The molecule has 2 aromatic heterocycles. The number of hydrogen-bond donors (Lipinski definition) is 2. The van der Waals surface area contributed by atoms with Crippen molar-refractivity contribution in [3.63, 3.8) is 0 Å². The number of nitrogens with zero attached hydrogens (tertiary/aromatic N) is 5. The molecule has 0 unspecified atom stereocenters. The van der Waals surface area contributed by atoms with Crippen LogP contribution >= 0.6 is 0 Å². The number of amides is 2. The normalized spacial score (nSPS) is 18.0. The van der Waals surface area contributed by atoms with Gasteiger partial charge in [0.15, 0.2) is 5.58 Å². The molecule has 11 nitrogen and oxygen atoms in total. The van der Waals surface area contributed by atoms with Gasteiger partial charge in [-0.25, -0.2) is 9.78 Å². The predicted octanol–water partition coefficient (Wildman–Crippen LogP) is 2.24. The minimum atomic E-state index is -3.33. The molecule has 0 saturated carbocycles. The predicted molar refractivity (Wildman–Crippen MR) is 128 cm³/mol. The summed E-state index contributed by atoms with van der Waals surface area (Å²) in [5.41, 5.74) is 3.13. The molecule has 2 fully saturated rings. The Morgan fingerprint density at radius 1 is 1.03 bits per heavy atom. The summed E-state index contributed by atoms with van der Waals surface area (Å²) in [4.78, 5) is 23.3. The Morgan fingerprint density at radius 3 is 2.47 bits per heavy atom. The summed E-state index contributed by atoms with van der Waals surface area (Å²) < 4.78 is 34.1. The Kier molecular flexibility index (Phi) is 6.21. The van der Waals surface area contributed by atoms with Gasteiger partial charge >= 0.3 is 6.03 Å². The van der Waals surface area contributed by atoms with E-state index in [2.05, 4.69) is 25.5 Å². The van der Waals surface area contributed by atoms with Crippen molar-refractivity contribution in [2.24, 2.45) is 0 Å². The van der Waals surface area contributed by atoms with Gasteiger partial charge in [0.25, 0.3) is 10.2 Å². The van der Waals surface area contributed by atoms with Gasteiger partial charge in [0.05, 0.1) is 24.1 Å². The first kappa shape index (κ1) is 22.7. The van der Waals surface area contributed by atoms with Crippen LogP contribution < -0.4 is 10.6 Å². The third-order valence-corrected chi connectivity index (χ3v) is 8.07. The fourth-order valence-corrected chi connectivity index (χ4v) is 5.65. The molecule has 4 heterocycles. The highest BCUT2D eigenvalue weighted by Crippen LogP contribution is 2.25. The van der Waals surface area contributed by atoms with Crippen LogP contribution in [0.1, 0.15) is 18.0 Å². The summed E-state index contributed by atoms with van der Waals surface area (Å²) in [6, 6.07) is 8.56. The van der Waals surface area contributed by atoms with Crippen LogP contribution in [0.15, 0.2) is 40.9 Å². The average Bonchev–Trinajstić information content (AvgIpc) is 3.18. The topological polar surface area (TPSA) is 124 Å². The summed E-state index contributed by atoms with van der Waals surface area (Å²) in [5, 5.41) is 5.57. The molecule has 2 saturated heterocycles. The monoisotopic (exact) mass is 485 g/mol. The van der Waals surface area contributed by atoms with E-state index < -0.39 is 16.2 Å². The Labute approximate surface area is 197 Å². The quantitative estimate of drug-likeness (QED) is 0.549. The molecule has 180 valence electrons. The fourth-order valence-electron chi connectivity index (χ4n) is 3.98. The molecular formula is C22H27N7O4S. The summed E-state index contributed by atoms with van der Waals surface area (Å²) in [6.45, 7) is 5.66. The molecule has 0 bridgehead atoms. The van der Waals surface area contributed by atoms with Crippen molar-refractivity contribution in [2.45, 2.75) is 19.9 Å². The van der Waals surface area contributed by atoms with E-state index in [1.54, 1.807) is 34.8 Å². The Balaban J connectivity index is 1.21. The van der Waals surface area contributed by atoms with Crippen LogP contribution in [0, 0.1) is 6.92 Å². The number of aryl methyl sites for hydroxylation is 1. The summed E-state index contributed by atoms with van der Waals surface area (Å²) in [6.07, 6.45) is 2.52. The first-order valence-electron chi connectivity index (χ1n) is 11.3. The maximum absolute atomic E-state index is 12.6. The van der Waals surface area contributed by atoms with E-state index in [1.807, 2.05) is 13.0 Å². The van der Waals surface area contributed by atoms with Crippen LogP contribution in [-0.2, 0) is 16.8 Å². The standard InChI is InChI=1S/C22H27N7O4S/c1-16-6-7-17(14-23-16)24-22(30)25-18-4-2-5-19-21(18)26-20(33-19)15-27-10-12-29(13-11-27)34(31,32)28-8-3-9-28/h2,4-7,14H,3,8-13,15H2,1H3,(H2,24,25,30). The Morgan fingerprint density at radius 2 is 1.79 bits per heavy atom. The number of fused-ring (bicyclic) bond motifs is 1. The lowest BCUT2D eigenvalue weighted by Gasteiger charge is -2.39. The molecular weight excluding hydrogens is 458 g/mol. The van der Waals surface area contributed by atoms with Crippen molar-refractivity contribution in [1.82, 2.24) is 23.5 Å². The zero-order chi connectivity index (χ0) is 23.7. The van der Waals surface area contributed by atoms with E-state index in [1.165, 1.54) is 4.31 Å². The van der Waals surface area contributed by atoms with E-state index in [0.29, 0.717) is 74.2 Å². The number of rotatable bonds is 6. The van der Waals surface area contributed by atoms with Gasteiger partial charge in [0.2, 0.25) is 5.89 Å². The van der Waals surface area contributed by atoms with Gasteiger partial charge in [-0.1, -0.05) is 6.07 Å². The Bertz CT molecular complexity index is 1280. The lowest BCUT2D eigenvalue weighted by atomic mass is 10.3. The molecule has 2 aliphatic heterocycles. The van der Waals surface area contributed by atoms with Crippen molar-refractivity contribution in [3.8, 4) is 0 Å². The highest BCUT2D eigenvalue weighted by atomic mass is 32.2. The molecule has 0 radical (unpaired) electrons. The van der Waals surface area contributed by atoms with Crippen LogP contribution in [-0.4, -0.2) is 77.2 Å². The molecule has 2 N–H and O–H groups in total. The maximum atomic E-state index is 12.6. The molecule has 2 aliphatic rings. The average molecular weight is 486 g/mol. The van der Waals surface area contributed by atoms with Gasteiger partial charge in [-0.15, -0.1) is 0 Å². The van der Waals surface area contributed by atoms with Gasteiger partial charge in [0.1, 0.15) is 5.52 Å². The van der Waals surface area contributed by atoms with Crippen molar-refractivity contribution < 1.29 is 17.6 Å². The number of benzene rings is 1. The van der Waals surface area contributed by atoms with Crippen LogP contribution in [0.3, 0.4) is 0 Å². The number of hydrogen-bond acceptors (Lipinski definition) is 7. The van der Waals surface area contributed by atoms with Crippen LogP contribution in [0.25, 0.3) is 11.1 Å². The SMILES string of the molecule is Cc1ccc(NC(=O)Nc2cccc3oc(CN4CCN(S(=O)(=O)N5CCC5)CC4)nc23)cn1. The second kappa shape index (κ2) is 9.29. The van der Waals surface area contributed by atoms with Gasteiger partial charge in [-0.2, -0.15) is 17.0 Å². The second-order valence-electron chi connectivity index (χ2n) is 8.46. The highest BCUT2D eigenvalue weighted by Gasteiger charge is 2.35. The summed E-state index contributed by atoms with van der Waals surface area (Å²) in [7, 11) is -3.33. The molecule has 0 atom stereocenters. The molecule has 12 heteroatoms. The number of pyridine rings is 1. The smallest absolute Gasteiger partial charge is 0.323 e. The van der Waals surface area contributed by atoms with E-state index in [-0.39, 0.29) is 0 Å². The number of anilines is 2. The van der Waals surface area contributed by atoms with Crippen molar-refractivity contribution >= 4 is 38.7 Å². The van der Waals surface area contributed by atoms with Crippen molar-refractivity contribution in [1.29, 1.82) is 0 Å². The first-order valence-corrected chi connectivity index (χ1v) is 12.6. The molecule has 0 aliphatic carbocycles. The number of urea groups is 1. The van der Waals surface area contributed by atoms with Gasteiger partial charge in [0, 0.05) is 45.0 Å². The van der Waals surface area contributed by atoms with Gasteiger partial charge in [-0.3, -0.25) is 9.88 Å². The fraction of sp³-hybridized carbons (Fsp3) is 0.409. The van der Waals surface area contributed by atoms with Crippen LogP contribution in [0.2, 0.25) is 0 Å². The zero-order valence-electron chi connectivity index (χ0n) is 18.9. The molecule has 34 heavy (non-hydrogen) atoms. The first-order chi connectivity index (χ1) is 16.4. The van der Waals surface area contributed by atoms with Crippen molar-refractivity contribution in [2.75, 3.05) is 49.9 Å². The third kappa shape index (κ3) is 4.75. The molecule has 2 amide bonds. The van der Waals surface area contributed by atoms with E-state index in [0.717, 1.165) is 12.1 Å². The summed E-state index contributed by atoms with van der Waals surface area (Å²) >= 11 is 0. The van der Waals surface area contributed by atoms with E-state index in [4.69, 9.17) is 4.42 Å². The number of para-hydroxylation sites is 1. The number of carbonyl (C=O) groups is 1. The number of carbonyl (C=O) groups excluding carboxylic acids is 1. The lowest BCUT2D eigenvalue weighted by molar-refractivity contribution is 0.159. The van der Waals surface area contributed by atoms with E-state index in [9.17, 15) is 13.2 Å². The van der Waals surface area contributed by atoms with E-state index >= 15 is 0 Å². The molecule has 1 aromatic carbocycles. The minimum absolute atomic E-state index is 0.401. The minimum Gasteiger partial charge on any atom is -0.439 e. The maximum Gasteiger partial charge on any atom is 0.323 e. The molecule has 3 aromatic rings. The Hall–Kier alpha value is -3.06. The highest BCUT2D eigenvalue weighted by molar-refractivity contribution is 7.86. The van der Waals surface area contributed by atoms with Crippen LogP contribution in [0.5, 0.6) is 0 Å². The van der Waals surface area contributed by atoms with Gasteiger partial charge < -0.3 is 15.1 Å². The van der Waals surface area contributed by atoms with Crippen LogP contribution in [0.4, 0.5) is 16.2 Å². The molecule has 0 spiro atoms.